The second-order valence-corrected chi connectivity index (χ2v) is 20.2. The minimum atomic E-state index is -1.74. The van der Waals surface area contributed by atoms with E-state index >= 15 is 0 Å². The number of aliphatic imine (C=N–C) groups is 1. The van der Waals surface area contributed by atoms with Crippen molar-refractivity contribution in [3.63, 3.8) is 0 Å². The number of phenols is 1. The van der Waals surface area contributed by atoms with Gasteiger partial charge in [0, 0.05) is 37.4 Å². The molecule has 2 fully saturated rings. The Morgan fingerprint density at radius 3 is 1.96 bits per heavy atom. The molecule has 0 saturated carbocycles. The number of nitrogens with two attached hydrogens (primary N) is 4. The van der Waals surface area contributed by atoms with Crippen molar-refractivity contribution >= 4 is 86.6 Å². The first-order valence-corrected chi connectivity index (χ1v) is 25.9. The molecule has 25 nitrogen and oxygen atoms in total. The number of hydrogen-bond acceptors (Lipinski definition) is 15. The minimum absolute atomic E-state index is 0.0130. The number of aromatic hydroxyl groups is 1. The molecule has 0 spiro atoms. The van der Waals surface area contributed by atoms with Crippen LogP contribution in [0.2, 0.25) is 0 Å². The fraction of sp³-hybridized carbons (Fsp3) is 0.500. The van der Waals surface area contributed by atoms with E-state index < -0.39 is 126 Å². The van der Waals surface area contributed by atoms with Gasteiger partial charge in [0.1, 0.15) is 54.1 Å². The average molecular weight is 1060 g/mol. The van der Waals surface area contributed by atoms with Crippen LogP contribution in [0, 0.1) is 5.92 Å². The molecule has 2 aliphatic heterocycles. The van der Waals surface area contributed by atoms with Crippen molar-refractivity contribution in [3.05, 3.63) is 65.7 Å². The normalized spacial score (nSPS) is 23.0. The molecule has 2 aromatic rings. The third-order valence-electron chi connectivity index (χ3n) is 11.5. The van der Waals surface area contributed by atoms with E-state index in [2.05, 4.69) is 42.2 Å². The molecule has 0 aromatic heterocycles. The number of primary amides is 2. The van der Waals surface area contributed by atoms with Gasteiger partial charge in [-0.2, -0.15) is 0 Å². The number of guanidine groups is 1. The molecule has 2 saturated heterocycles. The number of phenolic OH excluding ortho intramolecular Hbond substituents is 1. The van der Waals surface area contributed by atoms with E-state index in [1.807, 2.05) is 0 Å². The standard InChI is InChI=1S/C46H65N13O12S2/c1-24(2)37-44(70)56-31(20-35(47)62)40(66)57-32(45(71)59-17-7-11-33(59)42(68)53-28(10-6-16-51-46(49)50)38(64)52-21-36(48)63)22-72-73-23-34(61)43(69)55-29(19-26-12-14-27(60)15-13-26)39(65)54-30(41(67)58-37)18-25-8-4-3-5-9-25/h3-5,8-9,12-15,24,28-34,37,60-61H,6-7,10-11,16-23H2,1-2H3,(H2,47,62)(H2,48,63)(H,52,64)(H,53,68)(H,54,65)(H,55,69)(H,56,70)(H,57,66)(H,58,67)(H4,49,50,51)/t28-,29+,30+,31+,32+,33+,34+,37+/m1/s1. The molecule has 398 valence electrons. The number of aliphatic hydroxyl groups excluding tert-OH is 1. The van der Waals surface area contributed by atoms with Crippen LogP contribution < -0.4 is 60.2 Å². The van der Waals surface area contributed by atoms with Gasteiger partial charge in [-0.1, -0.05) is 77.9 Å². The molecule has 0 radical (unpaired) electrons. The maximum atomic E-state index is 14.6. The number of carbonyl (C=O) groups is 10. The monoisotopic (exact) mass is 1060 g/mol. The second kappa shape index (κ2) is 28.8. The van der Waals surface area contributed by atoms with Crippen molar-refractivity contribution in [1.29, 1.82) is 0 Å². The van der Waals surface area contributed by atoms with E-state index in [1.165, 1.54) is 29.2 Å². The van der Waals surface area contributed by atoms with Gasteiger partial charge in [0.05, 0.1) is 13.0 Å². The molecule has 2 heterocycles. The number of nitrogens with one attached hydrogen (secondary N) is 7. The van der Waals surface area contributed by atoms with Crippen molar-refractivity contribution in [2.45, 2.75) is 107 Å². The van der Waals surface area contributed by atoms with Gasteiger partial charge in [-0.05, 0) is 54.9 Å². The highest BCUT2D eigenvalue weighted by Gasteiger charge is 2.41. The highest BCUT2D eigenvalue weighted by atomic mass is 33.1. The van der Waals surface area contributed by atoms with Crippen molar-refractivity contribution in [3.8, 4) is 5.75 Å². The van der Waals surface area contributed by atoms with Gasteiger partial charge in [0.25, 0.3) is 0 Å². The summed E-state index contributed by atoms with van der Waals surface area (Å²) in [6.07, 6.45) is -2.05. The molecule has 2 aliphatic rings. The Morgan fingerprint density at radius 2 is 1.34 bits per heavy atom. The van der Waals surface area contributed by atoms with E-state index in [9.17, 15) is 58.2 Å². The summed E-state index contributed by atoms with van der Waals surface area (Å²) in [5.41, 5.74) is 22.7. The molecule has 0 aliphatic carbocycles. The second-order valence-electron chi connectivity index (χ2n) is 17.7. The predicted octanol–water partition coefficient (Wildman–Crippen LogP) is -3.98. The van der Waals surface area contributed by atoms with Crippen molar-refractivity contribution in [1.82, 2.24) is 42.1 Å². The SMILES string of the molecule is CC(C)[C@@H]1NC(=O)[C@H](Cc2ccccc2)NC(=O)[C@H](Cc2ccc(O)cc2)NC(=O)[C@@H](O)CSSC[C@@H](C(=O)N2CCC[C@H]2C(=O)N[C@H](CCCN=C(N)N)C(=O)NCC(N)=O)NC(=O)[C@H](CC(N)=O)NC1=O. The summed E-state index contributed by atoms with van der Waals surface area (Å²) in [4.78, 5) is 141. The smallest absolute Gasteiger partial charge is 0.250 e. The van der Waals surface area contributed by atoms with Crippen LogP contribution in [0.3, 0.4) is 0 Å². The Balaban J connectivity index is 1.68. The Kier molecular flexibility index (Phi) is 23.0. The zero-order valence-electron chi connectivity index (χ0n) is 40.4. The number of carbonyl (C=O) groups excluding carboxylic acids is 10. The highest BCUT2D eigenvalue weighted by Crippen LogP contribution is 2.26. The maximum Gasteiger partial charge on any atom is 0.250 e. The van der Waals surface area contributed by atoms with Crippen LogP contribution in [0.25, 0.3) is 0 Å². The van der Waals surface area contributed by atoms with Gasteiger partial charge < -0.3 is 75.3 Å². The van der Waals surface area contributed by atoms with E-state index in [4.69, 9.17) is 22.9 Å². The lowest BCUT2D eigenvalue weighted by Crippen LogP contribution is -2.62. The highest BCUT2D eigenvalue weighted by molar-refractivity contribution is 8.76. The molecule has 73 heavy (non-hydrogen) atoms. The summed E-state index contributed by atoms with van der Waals surface area (Å²) < 4.78 is 0. The molecule has 17 N–H and O–H groups in total. The van der Waals surface area contributed by atoms with Gasteiger partial charge in [-0.25, -0.2) is 0 Å². The van der Waals surface area contributed by atoms with Crippen LogP contribution in [0.4, 0.5) is 0 Å². The Hall–Kier alpha value is -7.13. The number of nitrogens with zero attached hydrogens (tertiary/aromatic N) is 2. The first kappa shape index (κ1) is 58.4. The summed E-state index contributed by atoms with van der Waals surface area (Å²) in [6, 6.07) is 4.69. The molecular formula is C46H65N13O12S2. The summed E-state index contributed by atoms with van der Waals surface area (Å²) in [5, 5.41) is 38.9. The fourth-order valence-corrected chi connectivity index (χ4v) is 9.94. The molecule has 0 unspecified atom stereocenters. The lowest BCUT2D eigenvalue weighted by molar-refractivity contribution is -0.142. The van der Waals surface area contributed by atoms with E-state index in [-0.39, 0.29) is 68.4 Å². The van der Waals surface area contributed by atoms with Crippen molar-refractivity contribution in [2.24, 2.45) is 33.8 Å². The topological polar surface area (TPSA) is 415 Å². The summed E-state index contributed by atoms with van der Waals surface area (Å²) in [7, 11) is 1.86. The van der Waals surface area contributed by atoms with Crippen molar-refractivity contribution < 1.29 is 58.2 Å². The molecule has 0 bridgehead atoms. The fourth-order valence-electron chi connectivity index (χ4n) is 7.73. The zero-order chi connectivity index (χ0) is 53.8. The maximum absolute atomic E-state index is 14.6. The van der Waals surface area contributed by atoms with E-state index in [1.54, 1.807) is 44.2 Å². The van der Waals surface area contributed by atoms with Crippen LogP contribution in [0.1, 0.15) is 57.1 Å². The van der Waals surface area contributed by atoms with Crippen LogP contribution >= 0.6 is 21.6 Å². The molecule has 4 rings (SSSR count). The van der Waals surface area contributed by atoms with E-state index in [0.717, 1.165) is 21.6 Å². The van der Waals surface area contributed by atoms with Crippen LogP contribution in [-0.4, -0.2) is 160 Å². The minimum Gasteiger partial charge on any atom is -0.508 e. The first-order chi connectivity index (χ1) is 34.6. The van der Waals surface area contributed by atoms with Gasteiger partial charge in [-0.15, -0.1) is 0 Å². The number of aliphatic hydroxyl groups is 1. The van der Waals surface area contributed by atoms with Crippen LogP contribution in [0.5, 0.6) is 5.75 Å². The molecule has 10 amide bonds. The molecule has 27 heteroatoms. The number of benzene rings is 2. The largest absolute Gasteiger partial charge is 0.508 e. The third-order valence-corrected chi connectivity index (χ3v) is 13.9. The Morgan fingerprint density at radius 1 is 0.753 bits per heavy atom. The van der Waals surface area contributed by atoms with Gasteiger partial charge in [-0.3, -0.25) is 52.9 Å². The quantitative estimate of drug-likeness (QED) is 0.0311. The van der Waals surface area contributed by atoms with Gasteiger partial charge >= 0.3 is 0 Å². The Bertz CT molecular complexity index is 2320. The van der Waals surface area contributed by atoms with Crippen LogP contribution in [0.15, 0.2) is 59.6 Å². The number of amides is 10. The lowest BCUT2D eigenvalue weighted by Gasteiger charge is -2.31. The third kappa shape index (κ3) is 19.1. The molecule has 2 aromatic carbocycles. The first-order valence-electron chi connectivity index (χ1n) is 23.4. The molecular weight excluding hydrogens is 991 g/mol. The van der Waals surface area contributed by atoms with Crippen LogP contribution in [-0.2, 0) is 60.8 Å². The van der Waals surface area contributed by atoms with Crippen molar-refractivity contribution in [2.75, 3.05) is 31.1 Å². The predicted molar refractivity (Wildman–Crippen MR) is 270 cm³/mol. The lowest BCUT2D eigenvalue weighted by atomic mass is 9.99. The van der Waals surface area contributed by atoms with Gasteiger partial charge in [0.2, 0.25) is 59.1 Å². The zero-order valence-corrected chi connectivity index (χ0v) is 42.0. The van der Waals surface area contributed by atoms with Gasteiger partial charge in [0.15, 0.2) is 5.96 Å². The number of likely N-dealkylation sites (tertiary alicyclic amines) is 1. The number of hydrogen-bond donors (Lipinski definition) is 13. The Labute approximate surface area is 429 Å². The summed E-state index contributed by atoms with van der Waals surface area (Å²) in [6.45, 7) is 2.79. The average Bonchev–Trinajstić information content (AvgIpc) is 3.84. The summed E-state index contributed by atoms with van der Waals surface area (Å²) >= 11 is 0. The van der Waals surface area contributed by atoms with E-state index in [0.29, 0.717) is 17.5 Å². The number of rotatable bonds is 17. The summed E-state index contributed by atoms with van der Waals surface area (Å²) in [5.74, 6) is -10.2. The molecule has 8 atom stereocenters.